The Labute approximate surface area is 180 Å². The van der Waals surface area contributed by atoms with Crippen molar-refractivity contribution in [1.82, 2.24) is 30.5 Å². The molecule has 0 spiro atoms. The zero-order valence-corrected chi connectivity index (χ0v) is 17.0. The van der Waals surface area contributed by atoms with Gasteiger partial charge in [-0.3, -0.25) is 20.4 Å². The van der Waals surface area contributed by atoms with Crippen LogP contribution in [-0.4, -0.2) is 31.2 Å². The molecule has 0 aliphatic carbocycles. The topological polar surface area (TPSA) is 108 Å². The second kappa shape index (κ2) is 8.25. The number of anilines is 1. The molecular formula is C21H18F3N7O. The van der Waals surface area contributed by atoms with Gasteiger partial charge in [0.15, 0.2) is 0 Å². The number of hydrogen-bond donors (Lipinski definition) is 3. The number of amides is 2. The highest BCUT2D eigenvalue weighted by molar-refractivity contribution is 5.95. The average molecular weight is 441 g/mol. The van der Waals surface area contributed by atoms with E-state index in [0.29, 0.717) is 11.1 Å². The first kappa shape index (κ1) is 21.2. The monoisotopic (exact) mass is 441 g/mol. The molecule has 0 radical (unpaired) electrons. The molecule has 0 aromatic carbocycles. The quantitative estimate of drug-likeness (QED) is 0.428. The van der Waals surface area contributed by atoms with Crippen LogP contribution in [0.3, 0.4) is 0 Å². The van der Waals surface area contributed by atoms with Crippen LogP contribution in [0.15, 0.2) is 48.9 Å². The minimum absolute atomic E-state index is 0.286. The molecule has 8 nitrogen and oxygen atoms in total. The van der Waals surface area contributed by atoms with Crippen LogP contribution in [0.2, 0.25) is 0 Å². The molecule has 11 heteroatoms. The Balaban J connectivity index is 1.44. The van der Waals surface area contributed by atoms with Crippen LogP contribution in [0, 0.1) is 6.92 Å². The molecular weight excluding hydrogens is 423 g/mol. The molecule has 2 amide bonds. The highest BCUT2D eigenvalue weighted by atomic mass is 19.4. The SMILES string of the molecule is Cc1cc(-c2n[nH]c3cc(NC(=O)N[C@H](C)c4ccc(C(F)(F)F)nc4)ncc23)ccn1. The molecule has 4 rings (SSSR count). The van der Waals surface area contributed by atoms with Crippen molar-refractivity contribution >= 4 is 22.8 Å². The molecule has 0 unspecified atom stereocenters. The summed E-state index contributed by atoms with van der Waals surface area (Å²) in [5.74, 6) is 0.286. The molecule has 0 bridgehead atoms. The number of alkyl halides is 3. The van der Waals surface area contributed by atoms with Gasteiger partial charge in [-0.15, -0.1) is 0 Å². The molecule has 0 saturated carbocycles. The van der Waals surface area contributed by atoms with E-state index in [1.54, 1.807) is 25.4 Å². The summed E-state index contributed by atoms with van der Waals surface area (Å²) in [6, 6.07) is 6.42. The average Bonchev–Trinajstić information content (AvgIpc) is 3.16. The van der Waals surface area contributed by atoms with E-state index in [0.717, 1.165) is 34.6 Å². The fraction of sp³-hybridized carbons (Fsp3) is 0.190. The number of nitrogens with zero attached hydrogens (tertiary/aromatic N) is 4. The van der Waals surface area contributed by atoms with E-state index < -0.39 is 23.9 Å². The van der Waals surface area contributed by atoms with Gasteiger partial charge >= 0.3 is 12.2 Å². The van der Waals surface area contributed by atoms with Gasteiger partial charge in [-0.2, -0.15) is 18.3 Å². The fourth-order valence-electron chi connectivity index (χ4n) is 3.16. The lowest BCUT2D eigenvalue weighted by Gasteiger charge is -2.15. The van der Waals surface area contributed by atoms with Crippen molar-refractivity contribution in [2.45, 2.75) is 26.1 Å². The molecule has 0 aliphatic rings. The molecule has 4 heterocycles. The fourth-order valence-corrected chi connectivity index (χ4v) is 3.16. The second-order valence-electron chi connectivity index (χ2n) is 7.17. The van der Waals surface area contributed by atoms with Gasteiger partial charge in [-0.05, 0) is 37.6 Å². The molecule has 1 atom stereocenters. The number of carbonyl (C=O) groups is 1. The number of hydrogen-bond acceptors (Lipinski definition) is 5. The Morgan fingerprint density at radius 1 is 1.09 bits per heavy atom. The molecule has 3 N–H and O–H groups in total. The van der Waals surface area contributed by atoms with Crippen LogP contribution >= 0.6 is 0 Å². The zero-order valence-electron chi connectivity index (χ0n) is 17.0. The number of fused-ring (bicyclic) bond motifs is 1. The number of urea groups is 1. The van der Waals surface area contributed by atoms with Crippen LogP contribution in [0.5, 0.6) is 0 Å². The van der Waals surface area contributed by atoms with Crippen molar-refractivity contribution in [3.05, 3.63) is 65.9 Å². The van der Waals surface area contributed by atoms with E-state index in [4.69, 9.17) is 0 Å². The van der Waals surface area contributed by atoms with Crippen molar-refractivity contribution in [2.24, 2.45) is 0 Å². The van der Waals surface area contributed by atoms with Crippen LogP contribution < -0.4 is 10.6 Å². The summed E-state index contributed by atoms with van der Waals surface area (Å²) >= 11 is 0. The number of H-pyrrole nitrogens is 1. The van der Waals surface area contributed by atoms with Crippen molar-refractivity contribution in [2.75, 3.05) is 5.32 Å². The van der Waals surface area contributed by atoms with Crippen LogP contribution in [0.1, 0.15) is 29.9 Å². The third kappa shape index (κ3) is 4.51. The minimum atomic E-state index is -4.51. The first-order valence-electron chi connectivity index (χ1n) is 9.58. The number of carbonyl (C=O) groups excluding carboxylic acids is 1. The van der Waals surface area contributed by atoms with Gasteiger partial charge < -0.3 is 5.32 Å². The molecule has 164 valence electrons. The van der Waals surface area contributed by atoms with E-state index in [2.05, 4.69) is 35.8 Å². The minimum Gasteiger partial charge on any atom is -0.331 e. The standard InChI is InChI=1S/C21H18F3N7O/c1-11-7-13(5-6-25-11)19-15-10-27-18(8-16(15)30-31-19)29-20(32)28-12(2)14-3-4-17(26-9-14)21(22,23)24/h3-10,12H,1-2H3,(H,30,31)(H2,27,28,29,32)/t12-/m1/s1. The lowest BCUT2D eigenvalue weighted by molar-refractivity contribution is -0.141. The van der Waals surface area contributed by atoms with E-state index in [1.165, 1.54) is 6.07 Å². The van der Waals surface area contributed by atoms with Gasteiger partial charge in [0.25, 0.3) is 0 Å². The highest BCUT2D eigenvalue weighted by Gasteiger charge is 2.32. The summed E-state index contributed by atoms with van der Waals surface area (Å²) in [7, 11) is 0. The largest absolute Gasteiger partial charge is 0.433 e. The summed E-state index contributed by atoms with van der Waals surface area (Å²) < 4.78 is 37.9. The Morgan fingerprint density at radius 3 is 2.59 bits per heavy atom. The first-order chi connectivity index (χ1) is 15.2. The summed E-state index contributed by atoms with van der Waals surface area (Å²) in [5.41, 5.74) is 2.60. The van der Waals surface area contributed by atoms with Crippen molar-refractivity contribution in [3.8, 4) is 11.3 Å². The van der Waals surface area contributed by atoms with E-state index in [-0.39, 0.29) is 5.82 Å². The van der Waals surface area contributed by atoms with E-state index in [9.17, 15) is 18.0 Å². The lowest BCUT2D eigenvalue weighted by Crippen LogP contribution is -2.31. The van der Waals surface area contributed by atoms with E-state index in [1.807, 2.05) is 19.1 Å². The molecule has 4 aromatic rings. The summed E-state index contributed by atoms with van der Waals surface area (Å²) in [6.45, 7) is 3.53. The van der Waals surface area contributed by atoms with Crippen LogP contribution in [0.4, 0.5) is 23.8 Å². The van der Waals surface area contributed by atoms with Gasteiger partial charge in [0.05, 0.1) is 11.6 Å². The number of aromatic nitrogens is 5. The van der Waals surface area contributed by atoms with Gasteiger partial charge in [0, 0.05) is 41.3 Å². The Kier molecular flexibility index (Phi) is 5.47. The summed E-state index contributed by atoms with van der Waals surface area (Å²) in [4.78, 5) is 24.2. The molecule has 0 fully saturated rings. The number of nitrogens with one attached hydrogen (secondary N) is 3. The Hall–Kier alpha value is -4.02. The maximum absolute atomic E-state index is 12.6. The maximum Gasteiger partial charge on any atom is 0.433 e. The van der Waals surface area contributed by atoms with Crippen molar-refractivity contribution < 1.29 is 18.0 Å². The van der Waals surface area contributed by atoms with Gasteiger partial charge in [0.2, 0.25) is 0 Å². The number of rotatable bonds is 4. The Bertz CT molecular complexity index is 1270. The first-order valence-corrected chi connectivity index (χ1v) is 9.58. The third-order valence-electron chi connectivity index (χ3n) is 4.78. The second-order valence-corrected chi connectivity index (χ2v) is 7.17. The Morgan fingerprint density at radius 2 is 1.91 bits per heavy atom. The van der Waals surface area contributed by atoms with Gasteiger partial charge in [-0.1, -0.05) is 6.07 Å². The smallest absolute Gasteiger partial charge is 0.331 e. The molecule has 0 saturated heterocycles. The zero-order chi connectivity index (χ0) is 22.9. The molecule has 0 aliphatic heterocycles. The number of aryl methyl sites for hydroxylation is 1. The molecule has 4 aromatic heterocycles. The van der Waals surface area contributed by atoms with E-state index >= 15 is 0 Å². The van der Waals surface area contributed by atoms with Crippen molar-refractivity contribution in [1.29, 1.82) is 0 Å². The third-order valence-corrected chi connectivity index (χ3v) is 4.78. The lowest BCUT2D eigenvalue weighted by atomic mass is 10.1. The summed E-state index contributed by atoms with van der Waals surface area (Å²) in [6.07, 6.45) is -0.125. The predicted molar refractivity (Wildman–Crippen MR) is 112 cm³/mol. The maximum atomic E-state index is 12.6. The van der Waals surface area contributed by atoms with Crippen molar-refractivity contribution in [3.63, 3.8) is 0 Å². The molecule has 32 heavy (non-hydrogen) atoms. The number of halogens is 3. The van der Waals surface area contributed by atoms with Gasteiger partial charge in [-0.25, -0.2) is 9.78 Å². The number of aromatic amines is 1. The summed E-state index contributed by atoms with van der Waals surface area (Å²) in [5, 5.41) is 13.3. The number of pyridine rings is 3. The highest BCUT2D eigenvalue weighted by Crippen LogP contribution is 2.28. The van der Waals surface area contributed by atoms with Crippen LogP contribution in [0.25, 0.3) is 22.2 Å². The van der Waals surface area contributed by atoms with Crippen LogP contribution in [-0.2, 0) is 6.18 Å². The predicted octanol–water partition coefficient (Wildman–Crippen LogP) is 4.62. The normalized spacial score (nSPS) is 12.5. The van der Waals surface area contributed by atoms with Gasteiger partial charge in [0.1, 0.15) is 17.2 Å².